The van der Waals surface area contributed by atoms with Gasteiger partial charge in [-0.05, 0) is 13.8 Å². The number of esters is 1. The van der Waals surface area contributed by atoms with E-state index in [0.717, 1.165) is 24.6 Å². The molecule has 1 aliphatic rings. The van der Waals surface area contributed by atoms with Crippen LogP contribution in [0.1, 0.15) is 23.0 Å². The van der Waals surface area contributed by atoms with E-state index in [1.165, 1.54) is 6.20 Å². The molecular formula is C14H18N4O3. The lowest BCUT2D eigenvalue weighted by Gasteiger charge is -2.28. The molecule has 0 unspecified atom stereocenters. The largest absolute Gasteiger partial charge is 0.462 e. The highest BCUT2D eigenvalue weighted by Crippen LogP contribution is 2.19. The standard InChI is InChI=1S/C14H18N4O3/c1-3-21-14(19)11-9-15-18-10(2)8-12(16-13(11)18)17-4-6-20-7-5-17/h8-9H,3-7H2,1-2H3. The minimum Gasteiger partial charge on any atom is -0.462 e. The number of anilines is 1. The third-order valence-electron chi connectivity index (χ3n) is 3.47. The molecule has 2 aromatic heterocycles. The molecule has 3 rings (SSSR count). The summed E-state index contributed by atoms with van der Waals surface area (Å²) >= 11 is 0. The molecule has 0 aromatic carbocycles. The fourth-order valence-electron chi connectivity index (χ4n) is 2.40. The van der Waals surface area contributed by atoms with Crippen LogP contribution in [0.2, 0.25) is 0 Å². The van der Waals surface area contributed by atoms with Crippen molar-refractivity contribution in [2.24, 2.45) is 0 Å². The molecule has 0 atom stereocenters. The van der Waals surface area contributed by atoms with Crippen LogP contribution in [0.4, 0.5) is 5.82 Å². The molecule has 1 aliphatic heterocycles. The molecule has 7 heteroatoms. The minimum atomic E-state index is -0.390. The van der Waals surface area contributed by atoms with E-state index < -0.39 is 5.97 Å². The maximum Gasteiger partial charge on any atom is 0.343 e. The summed E-state index contributed by atoms with van der Waals surface area (Å²) in [6.07, 6.45) is 1.51. The average molecular weight is 290 g/mol. The lowest BCUT2D eigenvalue weighted by Crippen LogP contribution is -2.37. The molecule has 3 heterocycles. The van der Waals surface area contributed by atoms with Gasteiger partial charge in [-0.3, -0.25) is 0 Å². The van der Waals surface area contributed by atoms with Crippen LogP contribution in [-0.4, -0.2) is 53.5 Å². The van der Waals surface area contributed by atoms with Gasteiger partial charge < -0.3 is 14.4 Å². The van der Waals surface area contributed by atoms with Crippen LogP contribution in [0.3, 0.4) is 0 Å². The Bertz CT molecular complexity index is 662. The first-order valence-electron chi connectivity index (χ1n) is 7.06. The molecule has 2 aromatic rings. The Morgan fingerprint density at radius 3 is 2.90 bits per heavy atom. The van der Waals surface area contributed by atoms with Gasteiger partial charge in [-0.15, -0.1) is 0 Å². The second-order valence-corrected chi connectivity index (χ2v) is 4.87. The summed E-state index contributed by atoms with van der Waals surface area (Å²) in [6.45, 7) is 7.03. The van der Waals surface area contributed by atoms with Crippen molar-refractivity contribution < 1.29 is 14.3 Å². The number of carbonyl (C=O) groups excluding carboxylic acids is 1. The molecule has 112 valence electrons. The number of aryl methyl sites for hydroxylation is 1. The van der Waals surface area contributed by atoms with E-state index >= 15 is 0 Å². The Hall–Kier alpha value is -2.15. The highest BCUT2D eigenvalue weighted by atomic mass is 16.5. The number of morpholine rings is 1. The topological polar surface area (TPSA) is 69.0 Å². The van der Waals surface area contributed by atoms with E-state index in [9.17, 15) is 4.79 Å². The number of aromatic nitrogens is 3. The molecule has 0 N–H and O–H groups in total. The summed E-state index contributed by atoms with van der Waals surface area (Å²) < 4.78 is 12.1. The number of carbonyl (C=O) groups is 1. The van der Waals surface area contributed by atoms with Crippen LogP contribution < -0.4 is 4.90 Å². The third kappa shape index (κ3) is 2.56. The summed E-state index contributed by atoms with van der Waals surface area (Å²) in [5.74, 6) is 0.452. The van der Waals surface area contributed by atoms with Crippen LogP contribution in [0, 0.1) is 6.92 Å². The first-order valence-corrected chi connectivity index (χ1v) is 7.06. The molecule has 1 fully saturated rings. The summed E-state index contributed by atoms with van der Waals surface area (Å²) in [7, 11) is 0. The normalized spacial score (nSPS) is 15.4. The minimum absolute atomic E-state index is 0.332. The summed E-state index contributed by atoms with van der Waals surface area (Å²) in [4.78, 5) is 18.7. The van der Waals surface area contributed by atoms with Crippen molar-refractivity contribution >= 4 is 17.4 Å². The number of ether oxygens (including phenoxy) is 2. The van der Waals surface area contributed by atoms with Gasteiger partial charge in [0.05, 0.1) is 26.0 Å². The quantitative estimate of drug-likeness (QED) is 0.787. The smallest absolute Gasteiger partial charge is 0.343 e. The Labute approximate surface area is 122 Å². The Morgan fingerprint density at radius 1 is 1.43 bits per heavy atom. The summed E-state index contributed by atoms with van der Waals surface area (Å²) in [5, 5.41) is 4.22. The van der Waals surface area contributed by atoms with Gasteiger partial charge in [0.25, 0.3) is 0 Å². The van der Waals surface area contributed by atoms with Crippen LogP contribution in [0.5, 0.6) is 0 Å². The SMILES string of the molecule is CCOC(=O)c1cnn2c(C)cc(N3CCOCC3)nc12. The lowest BCUT2D eigenvalue weighted by atomic mass is 10.3. The second-order valence-electron chi connectivity index (χ2n) is 4.87. The van der Waals surface area contributed by atoms with Gasteiger partial charge >= 0.3 is 5.97 Å². The first kappa shape index (κ1) is 13.8. The molecule has 0 aliphatic carbocycles. The van der Waals surface area contributed by atoms with Crippen molar-refractivity contribution in [2.45, 2.75) is 13.8 Å². The highest BCUT2D eigenvalue weighted by molar-refractivity contribution is 5.95. The molecule has 21 heavy (non-hydrogen) atoms. The number of rotatable bonds is 3. The number of fused-ring (bicyclic) bond motifs is 1. The third-order valence-corrected chi connectivity index (χ3v) is 3.47. The molecule has 0 radical (unpaired) electrons. The summed E-state index contributed by atoms with van der Waals surface area (Å²) in [6, 6.07) is 1.97. The maximum absolute atomic E-state index is 12.0. The van der Waals surface area contributed by atoms with Gasteiger partial charge in [0.15, 0.2) is 5.65 Å². The van der Waals surface area contributed by atoms with E-state index in [1.54, 1.807) is 11.4 Å². The average Bonchev–Trinajstić information content (AvgIpc) is 2.93. The Morgan fingerprint density at radius 2 is 2.19 bits per heavy atom. The fraction of sp³-hybridized carbons (Fsp3) is 0.500. The van der Waals surface area contributed by atoms with Gasteiger partial charge in [0.2, 0.25) is 0 Å². The molecule has 0 saturated carbocycles. The molecule has 1 saturated heterocycles. The van der Waals surface area contributed by atoms with Gasteiger partial charge in [-0.2, -0.15) is 5.10 Å². The van der Waals surface area contributed by atoms with Crippen molar-refractivity contribution in [3.05, 3.63) is 23.5 Å². The van der Waals surface area contributed by atoms with E-state index in [1.807, 2.05) is 13.0 Å². The van der Waals surface area contributed by atoms with E-state index in [4.69, 9.17) is 9.47 Å². The molecule has 0 bridgehead atoms. The van der Waals surface area contributed by atoms with Crippen molar-refractivity contribution in [3.63, 3.8) is 0 Å². The lowest BCUT2D eigenvalue weighted by molar-refractivity contribution is 0.0528. The molecule has 0 spiro atoms. The van der Waals surface area contributed by atoms with Crippen LogP contribution >= 0.6 is 0 Å². The van der Waals surface area contributed by atoms with Crippen LogP contribution in [-0.2, 0) is 9.47 Å². The molecule has 0 amide bonds. The van der Waals surface area contributed by atoms with Gasteiger partial charge in [-0.1, -0.05) is 0 Å². The monoisotopic (exact) mass is 290 g/mol. The van der Waals surface area contributed by atoms with Gasteiger partial charge in [0, 0.05) is 24.8 Å². The van der Waals surface area contributed by atoms with E-state index in [-0.39, 0.29) is 0 Å². The van der Waals surface area contributed by atoms with Gasteiger partial charge in [-0.25, -0.2) is 14.3 Å². The number of nitrogens with zero attached hydrogens (tertiary/aromatic N) is 4. The van der Waals surface area contributed by atoms with Crippen molar-refractivity contribution in [2.75, 3.05) is 37.8 Å². The van der Waals surface area contributed by atoms with Gasteiger partial charge in [0.1, 0.15) is 11.4 Å². The van der Waals surface area contributed by atoms with Crippen molar-refractivity contribution in [1.29, 1.82) is 0 Å². The van der Waals surface area contributed by atoms with Crippen molar-refractivity contribution in [3.8, 4) is 0 Å². The fourth-order valence-corrected chi connectivity index (χ4v) is 2.40. The Kier molecular flexibility index (Phi) is 3.74. The second kappa shape index (κ2) is 5.69. The molecular weight excluding hydrogens is 272 g/mol. The maximum atomic E-state index is 12.0. The predicted octanol–water partition coefficient (Wildman–Crippen LogP) is 1.05. The van der Waals surface area contributed by atoms with Crippen LogP contribution in [0.25, 0.3) is 5.65 Å². The zero-order valence-corrected chi connectivity index (χ0v) is 12.2. The first-order chi connectivity index (χ1) is 10.2. The molecule has 7 nitrogen and oxygen atoms in total. The zero-order valence-electron chi connectivity index (χ0n) is 12.2. The van der Waals surface area contributed by atoms with E-state index in [2.05, 4.69) is 15.0 Å². The zero-order chi connectivity index (χ0) is 14.8. The van der Waals surface area contributed by atoms with Crippen molar-refractivity contribution in [1.82, 2.24) is 14.6 Å². The van der Waals surface area contributed by atoms with E-state index in [0.29, 0.717) is 31.0 Å². The summed E-state index contributed by atoms with van der Waals surface area (Å²) in [5.41, 5.74) is 1.86. The predicted molar refractivity (Wildman–Crippen MR) is 76.7 cm³/mol. The highest BCUT2D eigenvalue weighted by Gasteiger charge is 2.19. The number of hydrogen-bond acceptors (Lipinski definition) is 6. The van der Waals surface area contributed by atoms with Crippen LogP contribution in [0.15, 0.2) is 12.3 Å². The number of hydrogen-bond donors (Lipinski definition) is 0. The Balaban J connectivity index is 2.03.